The Bertz CT molecular complexity index is 379. The molecule has 0 aliphatic carbocycles. The summed E-state index contributed by atoms with van der Waals surface area (Å²) in [6.45, 7) is 4.84. The van der Waals surface area contributed by atoms with Gasteiger partial charge in [0.1, 0.15) is 0 Å². The van der Waals surface area contributed by atoms with Crippen LogP contribution in [0.5, 0.6) is 0 Å². The average Bonchev–Trinajstić information content (AvgIpc) is 2.83. The first-order valence-electron chi connectivity index (χ1n) is 7.24. The zero-order chi connectivity index (χ0) is 12.4. The van der Waals surface area contributed by atoms with Gasteiger partial charge < -0.3 is 5.32 Å². The Morgan fingerprint density at radius 3 is 3.11 bits per heavy atom. The lowest BCUT2D eigenvalue weighted by atomic mass is 9.98. The van der Waals surface area contributed by atoms with Gasteiger partial charge in [-0.3, -0.25) is 9.88 Å². The van der Waals surface area contributed by atoms with Crippen molar-refractivity contribution in [3.63, 3.8) is 0 Å². The molecule has 0 saturated carbocycles. The topological polar surface area (TPSA) is 28.2 Å². The van der Waals surface area contributed by atoms with Crippen molar-refractivity contribution in [2.45, 2.75) is 50.7 Å². The minimum absolute atomic E-state index is 0.408. The fourth-order valence-electron chi connectivity index (χ4n) is 3.49. The Hall–Kier alpha value is -0.930. The maximum absolute atomic E-state index is 4.21. The van der Waals surface area contributed by atoms with Crippen molar-refractivity contribution in [3.05, 3.63) is 30.1 Å². The number of rotatable bonds is 3. The molecule has 2 aliphatic rings. The lowest BCUT2D eigenvalue weighted by Crippen LogP contribution is -2.45. The monoisotopic (exact) mass is 245 g/mol. The molecule has 98 valence electrons. The van der Waals surface area contributed by atoms with E-state index in [1.54, 1.807) is 0 Å². The predicted molar refractivity (Wildman–Crippen MR) is 73.4 cm³/mol. The summed E-state index contributed by atoms with van der Waals surface area (Å²) in [5, 5.41) is 3.81. The van der Waals surface area contributed by atoms with E-state index in [-0.39, 0.29) is 0 Å². The third-order valence-electron chi connectivity index (χ3n) is 4.50. The highest BCUT2D eigenvalue weighted by molar-refractivity contribution is 5.13. The van der Waals surface area contributed by atoms with E-state index in [4.69, 9.17) is 0 Å². The first kappa shape index (κ1) is 12.1. The van der Waals surface area contributed by atoms with Crippen LogP contribution in [0.2, 0.25) is 0 Å². The number of pyridine rings is 1. The molecular formula is C15H23N3. The molecule has 0 bridgehead atoms. The number of fused-ring (bicyclic) bond motifs is 1. The second-order valence-electron chi connectivity index (χ2n) is 5.67. The molecule has 0 amide bonds. The van der Waals surface area contributed by atoms with E-state index in [1.807, 2.05) is 18.5 Å². The fraction of sp³-hybridized carbons (Fsp3) is 0.667. The van der Waals surface area contributed by atoms with Crippen molar-refractivity contribution in [1.82, 2.24) is 15.2 Å². The molecule has 2 aliphatic heterocycles. The molecule has 0 aromatic carbocycles. The second kappa shape index (κ2) is 5.37. The van der Waals surface area contributed by atoms with Crippen LogP contribution in [0.3, 0.4) is 0 Å². The molecule has 3 atom stereocenters. The van der Waals surface area contributed by atoms with Gasteiger partial charge in [0.15, 0.2) is 0 Å². The summed E-state index contributed by atoms with van der Waals surface area (Å²) in [6.07, 6.45) is 9.29. The van der Waals surface area contributed by atoms with Crippen LogP contribution in [-0.4, -0.2) is 35.1 Å². The average molecular weight is 245 g/mol. The van der Waals surface area contributed by atoms with Gasteiger partial charge in [-0.15, -0.1) is 0 Å². The molecule has 1 N–H and O–H groups in total. The first-order chi connectivity index (χ1) is 8.84. The zero-order valence-electron chi connectivity index (χ0n) is 11.2. The number of nitrogens with zero attached hydrogens (tertiary/aromatic N) is 2. The Kier molecular flexibility index (Phi) is 3.62. The Morgan fingerprint density at radius 1 is 1.33 bits per heavy atom. The van der Waals surface area contributed by atoms with Crippen molar-refractivity contribution >= 4 is 0 Å². The van der Waals surface area contributed by atoms with Gasteiger partial charge in [-0.25, -0.2) is 0 Å². The molecular weight excluding hydrogens is 222 g/mol. The zero-order valence-corrected chi connectivity index (χ0v) is 11.2. The highest BCUT2D eigenvalue weighted by atomic mass is 15.2. The SMILES string of the molecule is C[C@H](NC1CCN2CCCCC12)c1cccnc1. The lowest BCUT2D eigenvalue weighted by Gasteiger charge is -2.33. The normalized spacial score (nSPS) is 30.1. The molecule has 0 spiro atoms. The highest BCUT2D eigenvalue weighted by Gasteiger charge is 2.35. The summed E-state index contributed by atoms with van der Waals surface area (Å²) in [6, 6.07) is 6.04. The molecule has 3 nitrogen and oxygen atoms in total. The maximum atomic E-state index is 4.21. The smallest absolute Gasteiger partial charge is 0.0315 e. The molecule has 2 fully saturated rings. The summed E-state index contributed by atoms with van der Waals surface area (Å²) in [5.74, 6) is 0. The lowest BCUT2D eigenvalue weighted by molar-refractivity contribution is 0.177. The van der Waals surface area contributed by atoms with Crippen LogP contribution >= 0.6 is 0 Å². The van der Waals surface area contributed by atoms with Crippen LogP contribution in [0.4, 0.5) is 0 Å². The van der Waals surface area contributed by atoms with Gasteiger partial charge in [-0.05, 0) is 44.4 Å². The minimum atomic E-state index is 0.408. The van der Waals surface area contributed by atoms with Crippen molar-refractivity contribution in [1.29, 1.82) is 0 Å². The summed E-state index contributed by atoms with van der Waals surface area (Å²) in [4.78, 5) is 6.89. The molecule has 1 aromatic heterocycles. The van der Waals surface area contributed by atoms with Crippen molar-refractivity contribution < 1.29 is 0 Å². The molecule has 3 heteroatoms. The Labute approximate surface area is 110 Å². The van der Waals surface area contributed by atoms with E-state index in [9.17, 15) is 0 Å². The van der Waals surface area contributed by atoms with E-state index in [1.165, 1.54) is 44.3 Å². The van der Waals surface area contributed by atoms with Crippen molar-refractivity contribution in [2.24, 2.45) is 0 Å². The quantitative estimate of drug-likeness (QED) is 0.886. The number of nitrogens with one attached hydrogen (secondary N) is 1. The van der Waals surface area contributed by atoms with E-state index in [2.05, 4.69) is 28.2 Å². The summed E-state index contributed by atoms with van der Waals surface area (Å²) in [5.41, 5.74) is 1.30. The number of hydrogen-bond donors (Lipinski definition) is 1. The van der Waals surface area contributed by atoms with Gasteiger partial charge in [-0.1, -0.05) is 12.5 Å². The van der Waals surface area contributed by atoms with Gasteiger partial charge in [0.05, 0.1) is 0 Å². The van der Waals surface area contributed by atoms with Crippen LogP contribution in [0.15, 0.2) is 24.5 Å². The Balaban J connectivity index is 1.63. The highest BCUT2D eigenvalue weighted by Crippen LogP contribution is 2.28. The number of hydrogen-bond acceptors (Lipinski definition) is 3. The van der Waals surface area contributed by atoms with Crippen LogP contribution < -0.4 is 5.32 Å². The second-order valence-corrected chi connectivity index (χ2v) is 5.67. The molecule has 3 rings (SSSR count). The standard InChI is InChI=1S/C15H23N3/c1-12(13-5-4-8-16-11-13)17-14-7-10-18-9-3-2-6-15(14)18/h4-5,8,11-12,14-15,17H,2-3,6-7,9-10H2,1H3/t12-,14?,15?/m0/s1. The first-order valence-corrected chi connectivity index (χ1v) is 7.24. The summed E-state index contributed by atoms with van der Waals surface area (Å²) >= 11 is 0. The van der Waals surface area contributed by atoms with Crippen LogP contribution in [0, 0.1) is 0 Å². The van der Waals surface area contributed by atoms with Crippen molar-refractivity contribution in [3.8, 4) is 0 Å². The number of aromatic nitrogens is 1. The molecule has 3 heterocycles. The molecule has 2 saturated heterocycles. The molecule has 2 unspecified atom stereocenters. The molecule has 18 heavy (non-hydrogen) atoms. The van der Waals surface area contributed by atoms with Gasteiger partial charge in [0.2, 0.25) is 0 Å². The summed E-state index contributed by atoms with van der Waals surface area (Å²) < 4.78 is 0. The van der Waals surface area contributed by atoms with Crippen LogP contribution in [0.1, 0.15) is 44.2 Å². The predicted octanol–water partition coefficient (Wildman–Crippen LogP) is 2.36. The van der Waals surface area contributed by atoms with Gasteiger partial charge >= 0.3 is 0 Å². The van der Waals surface area contributed by atoms with E-state index in [0.29, 0.717) is 12.1 Å². The minimum Gasteiger partial charge on any atom is -0.306 e. The third-order valence-corrected chi connectivity index (χ3v) is 4.50. The molecule has 0 radical (unpaired) electrons. The maximum Gasteiger partial charge on any atom is 0.0315 e. The molecule has 1 aromatic rings. The van der Waals surface area contributed by atoms with Gasteiger partial charge in [-0.2, -0.15) is 0 Å². The van der Waals surface area contributed by atoms with Gasteiger partial charge in [0.25, 0.3) is 0 Å². The summed E-state index contributed by atoms with van der Waals surface area (Å²) in [7, 11) is 0. The fourth-order valence-corrected chi connectivity index (χ4v) is 3.49. The Morgan fingerprint density at radius 2 is 2.28 bits per heavy atom. The van der Waals surface area contributed by atoms with Gasteiger partial charge in [0, 0.05) is 37.1 Å². The largest absolute Gasteiger partial charge is 0.306 e. The van der Waals surface area contributed by atoms with E-state index in [0.717, 1.165) is 6.04 Å². The number of piperidine rings is 1. The van der Waals surface area contributed by atoms with Crippen LogP contribution in [-0.2, 0) is 0 Å². The third kappa shape index (κ3) is 2.43. The van der Waals surface area contributed by atoms with E-state index < -0.39 is 0 Å². The van der Waals surface area contributed by atoms with E-state index >= 15 is 0 Å². The van der Waals surface area contributed by atoms with Crippen molar-refractivity contribution in [2.75, 3.05) is 13.1 Å². The van der Waals surface area contributed by atoms with Crippen LogP contribution in [0.25, 0.3) is 0 Å².